The van der Waals surface area contributed by atoms with Crippen LogP contribution in [0.15, 0.2) is 42.2 Å². The van der Waals surface area contributed by atoms with Gasteiger partial charge in [-0.25, -0.2) is 9.59 Å². The Balaban J connectivity index is 2.94. The van der Waals surface area contributed by atoms with Gasteiger partial charge in [0.15, 0.2) is 0 Å². The number of aromatic nitrogens is 1. The van der Waals surface area contributed by atoms with Crippen LogP contribution in [0.2, 0.25) is 0 Å². The molecule has 0 aromatic carbocycles. The first kappa shape index (κ1) is 14.4. The first-order valence-corrected chi connectivity index (χ1v) is 5.21. The lowest BCUT2D eigenvalue weighted by Crippen LogP contribution is -2.21. The first-order valence-electron chi connectivity index (χ1n) is 5.21. The van der Waals surface area contributed by atoms with Crippen molar-refractivity contribution >= 4 is 17.8 Å². The van der Waals surface area contributed by atoms with Gasteiger partial charge in [0.1, 0.15) is 6.61 Å². The number of esters is 1. The zero-order valence-corrected chi connectivity index (χ0v) is 10.2. The van der Waals surface area contributed by atoms with E-state index >= 15 is 0 Å². The molecule has 19 heavy (non-hydrogen) atoms. The van der Waals surface area contributed by atoms with Crippen molar-refractivity contribution in [1.29, 1.82) is 0 Å². The number of hydrogen-bond donors (Lipinski definition) is 0. The molecule has 0 radical (unpaired) electrons. The molecule has 0 aliphatic carbocycles. The average Bonchev–Trinajstić information content (AvgIpc) is 2.46. The van der Waals surface area contributed by atoms with Crippen molar-refractivity contribution in [3.05, 3.63) is 42.7 Å². The highest BCUT2D eigenvalue weighted by atomic mass is 16.8. The van der Waals surface area contributed by atoms with E-state index in [1.54, 1.807) is 12.1 Å². The molecule has 0 spiro atoms. The normalized spacial score (nSPS) is 10.5. The Kier molecular flexibility index (Phi) is 5.74. The fourth-order valence-corrected chi connectivity index (χ4v) is 1.01. The summed E-state index contributed by atoms with van der Waals surface area (Å²) in [6.45, 7) is 3.42. The SMILES string of the molecule is C=CCOC(=O)/C(=N/OC(=O)OC)c1ccccn1. The van der Waals surface area contributed by atoms with E-state index in [2.05, 4.69) is 26.3 Å². The van der Waals surface area contributed by atoms with E-state index in [0.717, 1.165) is 7.11 Å². The van der Waals surface area contributed by atoms with Crippen LogP contribution >= 0.6 is 0 Å². The first-order chi connectivity index (χ1) is 9.19. The van der Waals surface area contributed by atoms with Gasteiger partial charge in [-0.15, -0.1) is 0 Å². The topological polar surface area (TPSA) is 87.1 Å². The number of pyridine rings is 1. The Hall–Kier alpha value is -2.70. The van der Waals surface area contributed by atoms with Crippen LogP contribution < -0.4 is 0 Å². The highest BCUT2D eigenvalue weighted by Gasteiger charge is 2.18. The number of carbonyl (C=O) groups is 2. The van der Waals surface area contributed by atoms with E-state index in [1.807, 2.05) is 0 Å². The number of hydrogen-bond acceptors (Lipinski definition) is 7. The molecule has 7 nitrogen and oxygen atoms in total. The summed E-state index contributed by atoms with van der Waals surface area (Å²) >= 11 is 0. The molecule has 1 aromatic rings. The zero-order valence-electron chi connectivity index (χ0n) is 10.2. The van der Waals surface area contributed by atoms with Crippen LogP contribution in [0.1, 0.15) is 5.69 Å². The monoisotopic (exact) mass is 264 g/mol. The Bertz CT molecular complexity index is 484. The largest absolute Gasteiger partial charge is 0.534 e. The smallest absolute Gasteiger partial charge is 0.457 e. The van der Waals surface area contributed by atoms with E-state index in [0.29, 0.717) is 0 Å². The van der Waals surface area contributed by atoms with Gasteiger partial charge in [-0.3, -0.25) is 9.82 Å². The minimum Gasteiger partial charge on any atom is -0.457 e. The van der Waals surface area contributed by atoms with Crippen molar-refractivity contribution in [3.8, 4) is 0 Å². The predicted octanol–water partition coefficient (Wildman–Crippen LogP) is 1.30. The highest BCUT2D eigenvalue weighted by Crippen LogP contribution is 2.01. The summed E-state index contributed by atoms with van der Waals surface area (Å²) in [6, 6.07) is 4.84. The molecule has 1 heterocycles. The highest BCUT2D eigenvalue weighted by molar-refractivity contribution is 6.42. The number of carbonyl (C=O) groups excluding carboxylic acids is 2. The van der Waals surface area contributed by atoms with Gasteiger partial charge in [-0.05, 0) is 12.1 Å². The van der Waals surface area contributed by atoms with Crippen LogP contribution in [0.25, 0.3) is 0 Å². The van der Waals surface area contributed by atoms with Gasteiger partial charge in [0.25, 0.3) is 0 Å². The molecule has 0 saturated heterocycles. The van der Waals surface area contributed by atoms with Crippen LogP contribution in [0.5, 0.6) is 0 Å². The molecular weight excluding hydrogens is 252 g/mol. The Morgan fingerprint density at radius 2 is 2.26 bits per heavy atom. The molecular formula is C12H12N2O5. The van der Waals surface area contributed by atoms with Gasteiger partial charge < -0.3 is 9.47 Å². The van der Waals surface area contributed by atoms with E-state index < -0.39 is 12.1 Å². The van der Waals surface area contributed by atoms with Crippen LogP contribution in [-0.4, -0.2) is 36.5 Å². The van der Waals surface area contributed by atoms with Crippen molar-refractivity contribution in [2.45, 2.75) is 0 Å². The van der Waals surface area contributed by atoms with Crippen molar-refractivity contribution in [3.63, 3.8) is 0 Å². The van der Waals surface area contributed by atoms with Crippen LogP contribution in [-0.2, 0) is 19.1 Å². The second-order valence-corrected chi connectivity index (χ2v) is 3.09. The summed E-state index contributed by atoms with van der Waals surface area (Å²) in [7, 11) is 1.12. The van der Waals surface area contributed by atoms with Gasteiger partial charge >= 0.3 is 12.1 Å². The van der Waals surface area contributed by atoms with Gasteiger partial charge in [0.05, 0.1) is 12.8 Å². The van der Waals surface area contributed by atoms with Crippen LogP contribution in [0.3, 0.4) is 0 Å². The standard InChI is InChI=1S/C12H12N2O5/c1-3-8-18-11(15)10(14-19-12(16)17-2)9-6-4-5-7-13-9/h3-7H,1,8H2,2H3/b14-10+. The van der Waals surface area contributed by atoms with E-state index in [-0.39, 0.29) is 18.0 Å². The average molecular weight is 264 g/mol. The number of ether oxygens (including phenoxy) is 2. The predicted molar refractivity (Wildman–Crippen MR) is 65.4 cm³/mol. The van der Waals surface area contributed by atoms with Gasteiger partial charge in [0, 0.05) is 6.20 Å². The quantitative estimate of drug-likeness (QED) is 0.262. The number of methoxy groups -OCH3 is 1. The summed E-state index contributed by atoms with van der Waals surface area (Å²) in [5, 5.41) is 3.39. The zero-order chi connectivity index (χ0) is 14.1. The summed E-state index contributed by atoms with van der Waals surface area (Å²) < 4.78 is 9.05. The molecule has 0 fully saturated rings. The lowest BCUT2D eigenvalue weighted by atomic mass is 10.2. The molecule has 100 valence electrons. The molecule has 0 N–H and O–H groups in total. The third-order valence-electron chi connectivity index (χ3n) is 1.81. The molecule has 1 aromatic heterocycles. The van der Waals surface area contributed by atoms with Crippen molar-refractivity contribution in [2.24, 2.45) is 5.16 Å². The molecule has 0 unspecified atom stereocenters. The molecule has 7 heteroatoms. The summed E-state index contributed by atoms with van der Waals surface area (Å²) in [5.74, 6) is -0.789. The molecule has 1 rings (SSSR count). The molecule has 0 atom stereocenters. The minimum absolute atomic E-state index is 0.00289. The molecule has 0 amide bonds. The maximum atomic E-state index is 11.7. The Morgan fingerprint density at radius 1 is 1.47 bits per heavy atom. The van der Waals surface area contributed by atoms with Crippen molar-refractivity contribution in [1.82, 2.24) is 4.98 Å². The molecule has 0 saturated carbocycles. The lowest BCUT2D eigenvalue weighted by molar-refractivity contribution is -0.134. The lowest BCUT2D eigenvalue weighted by Gasteiger charge is -2.04. The third-order valence-corrected chi connectivity index (χ3v) is 1.81. The number of rotatable bonds is 5. The minimum atomic E-state index is -1.05. The number of nitrogens with zero attached hydrogens (tertiary/aromatic N) is 2. The second-order valence-electron chi connectivity index (χ2n) is 3.09. The summed E-state index contributed by atoms with van der Waals surface area (Å²) in [4.78, 5) is 30.9. The maximum Gasteiger partial charge on any atom is 0.534 e. The Labute approximate surface area is 109 Å². The summed E-state index contributed by atoms with van der Waals surface area (Å²) in [5.41, 5.74) is -0.0340. The fraction of sp³-hybridized carbons (Fsp3) is 0.167. The maximum absolute atomic E-state index is 11.7. The van der Waals surface area contributed by atoms with Crippen LogP contribution in [0.4, 0.5) is 4.79 Å². The van der Waals surface area contributed by atoms with E-state index in [9.17, 15) is 9.59 Å². The third kappa shape index (κ3) is 4.58. The van der Waals surface area contributed by atoms with Crippen molar-refractivity contribution < 1.29 is 23.9 Å². The fourth-order valence-electron chi connectivity index (χ4n) is 1.01. The Morgan fingerprint density at radius 3 is 2.84 bits per heavy atom. The number of oxime groups is 1. The van der Waals surface area contributed by atoms with Gasteiger partial charge in [-0.2, -0.15) is 0 Å². The summed E-state index contributed by atoms with van der Waals surface area (Å²) in [6.07, 6.45) is 1.81. The van der Waals surface area contributed by atoms with Gasteiger partial charge in [-0.1, -0.05) is 23.9 Å². The van der Waals surface area contributed by atoms with E-state index in [1.165, 1.54) is 18.3 Å². The molecule has 0 aliphatic rings. The van der Waals surface area contributed by atoms with E-state index in [4.69, 9.17) is 4.74 Å². The molecule has 0 bridgehead atoms. The van der Waals surface area contributed by atoms with Crippen molar-refractivity contribution in [2.75, 3.05) is 13.7 Å². The second kappa shape index (κ2) is 7.59. The molecule has 0 aliphatic heterocycles. The van der Waals surface area contributed by atoms with Gasteiger partial charge in [0.2, 0.25) is 5.71 Å². The van der Waals surface area contributed by atoms with Crippen LogP contribution in [0, 0.1) is 0 Å².